The maximum absolute atomic E-state index is 12.7. The molecular weight excluding hydrogens is 364 g/mol. The third kappa shape index (κ3) is 4.60. The Kier molecular flexibility index (Phi) is 6.01. The van der Waals surface area contributed by atoms with E-state index in [1.807, 2.05) is 18.4 Å². The van der Waals surface area contributed by atoms with Crippen LogP contribution in [0.15, 0.2) is 40.0 Å². The molecule has 1 heterocycles. The van der Waals surface area contributed by atoms with Gasteiger partial charge in [-0.1, -0.05) is 12.1 Å². The molecule has 0 radical (unpaired) electrons. The van der Waals surface area contributed by atoms with Crippen LogP contribution in [0.1, 0.15) is 52.5 Å². The van der Waals surface area contributed by atoms with E-state index in [1.54, 1.807) is 30.0 Å². The average molecular weight is 386 g/mol. The first-order valence-electron chi connectivity index (χ1n) is 8.89. The molecule has 27 heavy (non-hydrogen) atoms. The summed E-state index contributed by atoms with van der Waals surface area (Å²) in [5.74, 6) is -1.57. The highest BCUT2D eigenvalue weighted by Crippen LogP contribution is 2.22. The summed E-state index contributed by atoms with van der Waals surface area (Å²) in [6.07, 6.45) is 5.41. The van der Waals surface area contributed by atoms with Gasteiger partial charge in [0.15, 0.2) is 0 Å². The van der Waals surface area contributed by atoms with Crippen LogP contribution in [-0.2, 0) is 17.6 Å². The van der Waals surface area contributed by atoms with Gasteiger partial charge < -0.3 is 15.4 Å². The number of aryl methyl sites for hydroxylation is 2. The van der Waals surface area contributed by atoms with E-state index in [-0.39, 0.29) is 12.0 Å². The van der Waals surface area contributed by atoms with Crippen molar-refractivity contribution in [2.45, 2.75) is 43.0 Å². The van der Waals surface area contributed by atoms with E-state index in [0.29, 0.717) is 5.56 Å². The molecule has 0 bridgehead atoms. The van der Waals surface area contributed by atoms with Gasteiger partial charge in [0.1, 0.15) is 5.56 Å². The molecule has 2 aromatic rings. The smallest absolute Gasteiger partial charge is 0.305 e. The number of aromatic amines is 1. The third-order valence-electron chi connectivity index (χ3n) is 4.78. The van der Waals surface area contributed by atoms with E-state index < -0.39 is 23.5 Å². The second-order valence-corrected chi connectivity index (χ2v) is 7.50. The summed E-state index contributed by atoms with van der Waals surface area (Å²) in [5, 5.41) is 11.9. The molecule has 0 aliphatic heterocycles. The summed E-state index contributed by atoms with van der Waals surface area (Å²) >= 11 is 1.58. The minimum Gasteiger partial charge on any atom is -0.481 e. The lowest BCUT2D eigenvalue weighted by Crippen LogP contribution is -2.34. The van der Waals surface area contributed by atoms with E-state index >= 15 is 0 Å². The second kappa shape index (κ2) is 8.43. The lowest BCUT2D eigenvalue weighted by Gasteiger charge is -2.19. The number of nitrogens with one attached hydrogen (secondary N) is 2. The first-order chi connectivity index (χ1) is 13.0. The van der Waals surface area contributed by atoms with Crippen LogP contribution < -0.4 is 10.9 Å². The van der Waals surface area contributed by atoms with Crippen molar-refractivity contribution in [2.75, 3.05) is 6.26 Å². The number of hydrogen-bond donors (Lipinski definition) is 3. The fourth-order valence-corrected chi connectivity index (χ4v) is 3.75. The summed E-state index contributed by atoms with van der Waals surface area (Å²) in [4.78, 5) is 40.1. The first-order valence-corrected chi connectivity index (χ1v) is 10.1. The van der Waals surface area contributed by atoms with Crippen LogP contribution in [0.25, 0.3) is 0 Å². The highest BCUT2D eigenvalue weighted by atomic mass is 32.2. The van der Waals surface area contributed by atoms with Crippen molar-refractivity contribution in [3.8, 4) is 0 Å². The molecule has 0 fully saturated rings. The molecule has 1 atom stereocenters. The van der Waals surface area contributed by atoms with Crippen molar-refractivity contribution in [2.24, 2.45) is 0 Å². The van der Waals surface area contributed by atoms with Gasteiger partial charge in [-0.2, -0.15) is 0 Å². The number of carboxylic acids is 1. The second-order valence-electron chi connectivity index (χ2n) is 6.62. The van der Waals surface area contributed by atoms with Gasteiger partial charge in [-0.25, -0.2) is 0 Å². The van der Waals surface area contributed by atoms with Gasteiger partial charge >= 0.3 is 5.97 Å². The van der Waals surface area contributed by atoms with Crippen LogP contribution in [0, 0.1) is 0 Å². The summed E-state index contributed by atoms with van der Waals surface area (Å²) in [7, 11) is 0. The molecule has 142 valence electrons. The van der Waals surface area contributed by atoms with Gasteiger partial charge in [0.25, 0.3) is 11.5 Å². The molecule has 1 aliphatic rings. The number of benzene rings is 1. The quantitative estimate of drug-likeness (QED) is 0.663. The minimum atomic E-state index is -1.02. The SMILES string of the molecule is CSc1ccc(C(CC(=O)O)NC(=O)c2cc3c([nH]c2=O)CCCC3)cc1. The number of H-pyrrole nitrogens is 1. The molecule has 0 spiro atoms. The van der Waals surface area contributed by atoms with Crippen LogP contribution in [-0.4, -0.2) is 28.2 Å². The maximum Gasteiger partial charge on any atom is 0.305 e. The lowest BCUT2D eigenvalue weighted by molar-refractivity contribution is -0.137. The Morgan fingerprint density at radius 3 is 2.59 bits per heavy atom. The molecule has 1 aromatic heterocycles. The Hall–Kier alpha value is -2.54. The predicted octanol–water partition coefficient (Wildman–Crippen LogP) is 2.92. The number of pyridine rings is 1. The average Bonchev–Trinajstić information content (AvgIpc) is 2.66. The molecule has 1 aromatic carbocycles. The molecule has 6 nitrogen and oxygen atoms in total. The fraction of sp³-hybridized carbons (Fsp3) is 0.350. The molecular formula is C20H22N2O4S. The van der Waals surface area contributed by atoms with Crippen molar-refractivity contribution in [1.82, 2.24) is 10.3 Å². The normalized spacial score (nSPS) is 14.3. The van der Waals surface area contributed by atoms with E-state index in [2.05, 4.69) is 10.3 Å². The van der Waals surface area contributed by atoms with Gasteiger partial charge in [-0.05, 0) is 61.3 Å². The van der Waals surface area contributed by atoms with Gasteiger partial charge in [0, 0.05) is 10.6 Å². The van der Waals surface area contributed by atoms with Crippen molar-refractivity contribution >= 4 is 23.6 Å². The maximum atomic E-state index is 12.7. The number of carbonyl (C=O) groups excluding carboxylic acids is 1. The van der Waals surface area contributed by atoms with Crippen LogP contribution in [0.5, 0.6) is 0 Å². The molecule has 1 aliphatic carbocycles. The van der Waals surface area contributed by atoms with Crippen LogP contribution in [0.4, 0.5) is 0 Å². The zero-order chi connectivity index (χ0) is 19.4. The minimum absolute atomic E-state index is 0.0340. The Balaban J connectivity index is 1.85. The molecule has 3 rings (SSSR count). The number of thioether (sulfide) groups is 1. The van der Waals surface area contributed by atoms with Crippen molar-refractivity contribution < 1.29 is 14.7 Å². The number of aliphatic carboxylic acids is 1. The Labute approximate surface area is 161 Å². The number of fused-ring (bicyclic) bond motifs is 1. The summed E-state index contributed by atoms with van der Waals surface area (Å²) in [6, 6.07) is 8.31. The number of carboxylic acid groups (broad SMARTS) is 1. The predicted molar refractivity (Wildman–Crippen MR) is 104 cm³/mol. The highest BCUT2D eigenvalue weighted by molar-refractivity contribution is 7.98. The van der Waals surface area contributed by atoms with E-state index in [4.69, 9.17) is 0 Å². The monoisotopic (exact) mass is 386 g/mol. The lowest BCUT2D eigenvalue weighted by atomic mass is 9.94. The number of rotatable bonds is 6. The molecule has 0 saturated heterocycles. The van der Waals surface area contributed by atoms with Crippen LogP contribution >= 0.6 is 11.8 Å². The van der Waals surface area contributed by atoms with Crippen LogP contribution in [0.3, 0.4) is 0 Å². The van der Waals surface area contributed by atoms with E-state index in [1.165, 1.54) is 0 Å². The molecule has 7 heteroatoms. The standard InChI is InChI=1S/C20H22N2O4S/c1-27-14-8-6-12(7-9-14)17(11-18(23)24)22-20(26)15-10-13-4-2-3-5-16(13)21-19(15)25/h6-10,17H,2-5,11H2,1H3,(H,21,25)(H,22,26)(H,23,24). The van der Waals surface area contributed by atoms with Crippen molar-refractivity contribution in [3.05, 3.63) is 63.1 Å². The molecule has 1 amide bonds. The van der Waals surface area contributed by atoms with E-state index in [9.17, 15) is 19.5 Å². The highest BCUT2D eigenvalue weighted by Gasteiger charge is 2.22. The summed E-state index contributed by atoms with van der Waals surface area (Å²) in [5.41, 5.74) is 2.19. The Morgan fingerprint density at radius 2 is 1.93 bits per heavy atom. The largest absolute Gasteiger partial charge is 0.481 e. The van der Waals surface area contributed by atoms with Gasteiger partial charge in [0.2, 0.25) is 0 Å². The molecule has 3 N–H and O–H groups in total. The summed E-state index contributed by atoms with van der Waals surface area (Å²) in [6.45, 7) is 0. The van der Waals surface area contributed by atoms with Gasteiger partial charge in [0.05, 0.1) is 12.5 Å². The number of carbonyl (C=O) groups is 2. The number of amides is 1. The van der Waals surface area contributed by atoms with Gasteiger partial charge in [-0.15, -0.1) is 11.8 Å². The van der Waals surface area contributed by atoms with Crippen molar-refractivity contribution in [3.63, 3.8) is 0 Å². The Bertz CT molecular complexity index is 905. The zero-order valence-electron chi connectivity index (χ0n) is 15.1. The first kappa shape index (κ1) is 19.2. The molecule has 0 saturated carbocycles. The summed E-state index contributed by atoms with van der Waals surface area (Å²) < 4.78 is 0. The Morgan fingerprint density at radius 1 is 1.22 bits per heavy atom. The van der Waals surface area contributed by atoms with Crippen LogP contribution in [0.2, 0.25) is 0 Å². The number of aromatic nitrogens is 1. The third-order valence-corrected chi connectivity index (χ3v) is 5.53. The topological polar surface area (TPSA) is 99.3 Å². The van der Waals surface area contributed by atoms with E-state index in [0.717, 1.165) is 41.8 Å². The molecule has 1 unspecified atom stereocenters. The van der Waals surface area contributed by atoms with Gasteiger partial charge in [-0.3, -0.25) is 14.4 Å². The zero-order valence-corrected chi connectivity index (χ0v) is 15.9. The fourth-order valence-electron chi connectivity index (χ4n) is 3.34. The van der Waals surface area contributed by atoms with Crippen molar-refractivity contribution in [1.29, 1.82) is 0 Å². The number of hydrogen-bond acceptors (Lipinski definition) is 4.